The maximum absolute atomic E-state index is 4.67. The fraction of sp³-hybridized carbons (Fsp3) is 0.154. The smallest absolute Gasteiger partial charge is 0.0886 e. The third-order valence-electron chi connectivity index (χ3n) is 5.20. The Hall–Kier alpha value is -3.26. The zero-order valence-corrected chi connectivity index (χ0v) is 16.8. The van der Waals surface area contributed by atoms with Crippen molar-refractivity contribution in [2.24, 2.45) is 0 Å². The van der Waals surface area contributed by atoms with E-state index < -0.39 is 0 Å². The zero-order valence-electron chi connectivity index (χ0n) is 16.8. The van der Waals surface area contributed by atoms with Crippen molar-refractivity contribution in [2.75, 3.05) is 0 Å². The number of hydrogen-bond acceptors (Lipinski definition) is 2. The Morgan fingerprint density at radius 1 is 0.500 bits per heavy atom. The minimum Gasteiger partial charge on any atom is -0.254 e. The van der Waals surface area contributed by atoms with E-state index in [1.165, 1.54) is 33.4 Å². The Kier molecular flexibility index (Phi) is 4.79. The molecule has 0 saturated carbocycles. The van der Waals surface area contributed by atoms with Crippen LogP contribution in [0.5, 0.6) is 0 Å². The molecule has 28 heavy (non-hydrogen) atoms. The number of hydrogen-bond donors (Lipinski definition) is 0. The predicted molar refractivity (Wildman–Crippen MR) is 117 cm³/mol. The number of aryl methyl sites for hydroxylation is 4. The van der Waals surface area contributed by atoms with E-state index >= 15 is 0 Å². The first-order valence-corrected chi connectivity index (χ1v) is 9.59. The highest BCUT2D eigenvalue weighted by Gasteiger charge is 2.07. The van der Waals surface area contributed by atoms with E-state index in [0.29, 0.717) is 0 Å². The van der Waals surface area contributed by atoms with Gasteiger partial charge in [0.15, 0.2) is 0 Å². The number of benzene rings is 2. The summed E-state index contributed by atoms with van der Waals surface area (Å²) in [7, 11) is 0. The molecule has 0 saturated heterocycles. The molecule has 0 fully saturated rings. The van der Waals surface area contributed by atoms with E-state index in [1.807, 2.05) is 12.4 Å². The van der Waals surface area contributed by atoms with Crippen molar-refractivity contribution >= 4 is 0 Å². The van der Waals surface area contributed by atoms with E-state index in [-0.39, 0.29) is 0 Å². The molecule has 0 spiro atoms. The van der Waals surface area contributed by atoms with Gasteiger partial charge in [-0.15, -0.1) is 0 Å². The van der Waals surface area contributed by atoms with Crippen molar-refractivity contribution in [3.8, 4) is 33.6 Å². The van der Waals surface area contributed by atoms with Gasteiger partial charge in [-0.2, -0.15) is 0 Å². The summed E-state index contributed by atoms with van der Waals surface area (Å²) in [5.74, 6) is 0. The van der Waals surface area contributed by atoms with Gasteiger partial charge < -0.3 is 0 Å². The number of rotatable bonds is 3. The summed E-state index contributed by atoms with van der Waals surface area (Å²) in [4.78, 5) is 9.34. The molecule has 0 bridgehead atoms. The zero-order chi connectivity index (χ0) is 19.7. The van der Waals surface area contributed by atoms with Crippen LogP contribution in [-0.4, -0.2) is 9.97 Å². The molecule has 0 amide bonds. The molecule has 2 heteroatoms. The van der Waals surface area contributed by atoms with Gasteiger partial charge in [0.1, 0.15) is 0 Å². The molecule has 0 aliphatic heterocycles. The standard InChI is InChI=1S/C26H24N2/c1-17-5-7-19(3)23(13-17)21-9-11-25(27-15-21)26-12-10-22(16-28-26)24-14-18(2)6-8-20(24)4/h5-16H,1-4H3. The molecule has 2 heterocycles. The predicted octanol–water partition coefficient (Wildman–Crippen LogP) is 6.71. The van der Waals surface area contributed by atoms with Crippen LogP contribution in [0.4, 0.5) is 0 Å². The molecule has 4 aromatic rings. The highest BCUT2D eigenvalue weighted by molar-refractivity contribution is 5.71. The Morgan fingerprint density at radius 2 is 0.929 bits per heavy atom. The lowest BCUT2D eigenvalue weighted by atomic mass is 9.99. The maximum Gasteiger partial charge on any atom is 0.0886 e. The van der Waals surface area contributed by atoms with Crippen molar-refractivity contribution in [1.82, 2.24) is 9.97 Å². The van der Waals surface area contributed by atoms with Crippen LogP contribution in [0, 0.1) is 27.7 Å². The second kappa shape index (κ2) is 7.40. The molecule has 0 aliphatic rings. The van der Waals surface area contributed by atoms with Crippen molar-refractivity contribution in [3.05, 3.63) is 95.3 Å². The summed E-state index contributed by atoms with van der Waals surface area (Å²) < 4.78 is 0. The quantitative estimate of drug-likeness (QED) is 0.404. The molecule has 0 atom stereocenters. The number of pyridine rings is 2. The van der Waals surface area contributed by atoms with Gasteiger partial charge >= 0.3 is 0 Å². The number of nitrogens with zero attached hydrogens (tertiary/aromatic N) is 2. The third kappa shape index (κ3) is 3.59. The normalized spacial score (nSPS) is 10.9. The van der Waals surface area contributed by atoms with Crippen LogP contribution >= 0.6 is 0 Å². The third-order valence-corrected chi connectivity index (χ3v) is 5.20. The van der Waals surface area contributed by atoms with E-state index in [9.17, 15) is 0 Å². The summed E-state index contributed by atoms with van der Waals surface area (Å²) in [6, 6.07) is 21.4. The van der Waals surface area contributed by atoms with Crippen LogP contribution in [0.25, 0.3) is 33.6 Å². The topological polar surface area (TPSA) is 25.8 Å². The highest BCUT2D eigenvalue weighted by atomic mass is 14.8. The first-order valence-electron chi connectivity index (χ1n) is 9.59. The van der Waals surface area contributed by atoms with Crippen molar-refractivity contribution in [2.45, 2.75) is 27.7 Å². The second-order valence-corrected chi connectivity index (χ2v) is 7.50. The summed E-state index contributed by atoms with van der Waals surface area (Å²) in [5.41, 5.74) is 11.6. The minimum absolute atomic E-state index is 0.890. The van der Waals surface area contributed by atoms with Gasteiger partial charge in [0.05, 0.1) is 11.4 Å². The molecule has 2 nitrogen and oxygen atoms in total. The second-order valence-electron chi connectivity index (χ2n) is 7.50. The monoisotopic (exact) mass is 364 g/mol. The van der Waals surface area contributed by atoms with E-state index in [0.717, 1.165) is 22.5 Å². The van der Waals surface area contributed by atoms with Crippen LogP contribution in [-0.2, 0) is 0 Å². The molecule has 0 N–H and O–H groups in total. The van der Waals surface area contributed by atoms with Crippen molar-refractivity contribution < 1.29 is 0 Å². The molecule has 2 aromatic carbocycles. The average Bonchev–Trinajstić information content (AvgIpc) is 2.72. The fourth-order valence-electron chi connectivity index (χ4n) is 3.50. The van der Waals surface area contributed by atoms with E-state index in [4.69, 9.17) is 0 Å². The summed E-state index contributed by atoms with van der Waals surface area (Å²) in [5, 5.41) is 0. The van der Waals surface area contributed by atoms with Crippen LogP contribution < -0.4 is 0 Å². The largest absolute Gasteiger partial charge is 0.254 e. The summed E-state index contributed by atoms with van der Waals surface area (Å²) in [6.07, 6.45) is 3.88. The van der Waals surface area contributed by atoms with E-state index in [2.05, 4.69) is 98.3 Å². The Bertz CT molecular complexity index is 1030. The Morgan fingerprint density at radius 3 is 1.29 bits per heavy atom. The van der Waals surface area contributed by atoms with Gasteiger partial charge in [0.25, 0.3) is 0 Å². The minimum atomic E-state index is 0.890. The van der Waals surface area contributed by atoms with Gasteiger partial charge in [-0.1, -0.05) is 59.7 Å². The molecule has 0 unspecified atom stereocenters. The van der Waals surface area contributed by atoms with Crippen LogP contribution in [0.2, 0.25) is 0 Å². The van der Waals surface area contributed by atoms with Crippen LogP contribution in [0.15, 0.2) is 73.1 Å². The van der Waals surface area contributed by atoms with Crippen LogP contribution in [0.3, 0.4) is 0 Å². The molecule has 0 aliphatic carbocycles. The Balaban J connectivity index is 1.63. The summed E-state index contributed by atoms with van der Waals surface area (Å²) in [6.45, 7) is 8.50. The molecule has 138 valence electrons. The van der Waals surface area contributed by atoms with Gasteiger partial charge in [-0.25, -0.2) is 0 Å². The van der Waals surface area contributed by atoms with Crippen molar-refractivity contribution in [1.29, 1.82) is 0 Å². The van der Waals surface area contributed by atoms with Gasteiger partial charge in [0.2, 0.25) is 0 Å². The molecule has 2 aromatic heterocycles. The van der Waals surface area contributed by atoms with E-state index in [1.54, 1.807) is 0 Å². The lowest BCUT2D eigenvalue weighted by Gasteiger charge is -2.09. The molecular formula is C26H24N2. The molecule has 4 rings (SSSR count). The SMILES string of the molecule is Cc1ccc(C)c(-c2ccc(-c3ccc(-c4cc(C)ccc4C)cn3)nc2)c1. The lowest BCUT2D eigenvalue weighted by molar-refractivity contribution is 1.24. The van der Waals surface area contributed by atoms with Gasteiger partial charge in [-0.05, 0) is 62.1 Å². The first kappa shape index (κ1) is 18.1. The van der Waals surface area contributed by atoms with Gasteiger partial charge in [0, 0.05) is 23.5 Å². The van der Waals surface area contributed by atoms with Gasteiger partial charge in [-0.3, -0.25) is 9.97 Å². The lowest BCUT2D eigenvalue weighted by Crippen LogP contribution is -1.91. The first-order chi connectivity index (χ1) is 13.5. The van der Waals surface area contributed by atoms with Crippen LogP contribution in [0.1, 0.15) is 22.3 Å². The maximum atomic E-state index is 4.67. The highest BCUT2D eigenvalue weighted by Crippen LogP contribution is 2.28. The average molecular weight is 364 g/mol. The summed E-state index contributed by atoms with van der Waals surface area (Å²) >= 11 is 0. The molecule has 0 radical (unpaired) electrons. The fourth-order valence-corrected chi connectivity index (χ4v) is 3.50. The number of aromatic nitrogens is 2. The van der Waals surface area contributed by atoms with Crippen molar-refractivity contribution in [3.63, 3.8) is 0 Å². The Labute approximate surface area is 167 Å². The molecular weight excluding hydrogens is 340 g/mol.